The van der Waals surface area contributed by atoms with Gasteiger partial charge in [0.2, 0.25) is 0 Å². The molecular weight excluding hydrogens is 278 g/mol. The molecule has 1 aromatic heterocycles. The van der Waals surface area contributed by atoms with Crippen molar-refractivity contribution in [2.24, 2.45) is 22.2 Å². The SMILES string of the molecule is NC(N)=NCCC[C@H](N)C(=O)O.O=C(O)c1cccnc1. The summed E-state index contributed by atoms with van der Waals surface area (Å²) in [4.78, 5) is 27.7. The van der Waals surface area contributed by atoms with Gasteiger partial charge >= 0.3 is 11.9 Å². The van der Waals surface area contributed by atoms with Crippen LogP contribution < -0.4 is 17.2 Å². The number of aromatic carboxylic acids is 1. The van der Waals surface area contributed by atoms with Gasteiger partial charge in [0.15, 0.2) is 5.96 Å². The van der Waals surface area contributed by atoms with E-state index in [4.69, 9.17) is 27.4 Å². The second-order valence-corrected chi connectivity index (χ2v) is 3.94. The van der Waals surface area contributed by atoms with E-state index in [2.05, 4.69) is 9.98 Å². The molecule has 1 rings (SSSR count). The number of pyridine rings is 1. The first kappa shape index (κ1) is 18.3. The normalized spacial score (nSPS) is 10.7. The van der Waals surface area contributed by atoms with Gasteiger partial charge in [-0.1, -0.05) is 0 Å². The fourth-order valence-corrected chi connectivity index (χ4v) is 1.13. The first-order chi connectivity index (χ1) is 9.84. The van der Waals surface area contributed by atoms with Crippen molar-refractivity contribution in [3.05, 3.63) is 30.1 Å². The molecule has 0 bridgehead atoms. The topological polar surface area (TPSA) is 178 Å². The minimum atomic E-state index is -1.00. The van der Waals surface area contributed by atoms with Crippen LogP contribution >= 0.6 is 0 Å². The third-order valence-electron chi connectivity index (χ3n) is 2.19. The summed E-state index contributed by atoms with van der Waals surface area (Å²) in [5.41, 5.74) is 15.5. The fraction of sp³-hybridized carbons (Fsp3) is 0.333. The van der Waals surface area contributed by atoms with Crippen LogP contribution in [0.2, 0.25) is 0 Å². The Morgan fingerprint density at radius 3 is 2.38 bits per heavy atom. The molecule has 9 heteroatoms. The lowest BCUT2D eigenvalue weighted by molar-refractivity contribution is -0.138. The van der Waals surface area contributed by atoms with Gasteiger partial charge < -0.3 is 27.4 Å². The van der Waals surface area contributed by atoms with Crippen LogP contribution in [0.3, 0.4) is 0 Å². The summed E-state index contributed by atoms with van der Waals surface area (Å²) < 4.78 is 0. The molecular formula is C12H19N5O4. The van der Waals surface area contributed by atoms with Gasteiger partial charge in [-0.25, -0.2) is 4.79 Å². The Bertz CT molecular complexity index is 474. The zero-order valence-corrected chi connectivity index (χ0v) is 11.3. The highest BCUT2D eigenvalue weighted by molar-refractivity contribution is 5.86. The molecule has 0 unspecified atom stereocenters. The number of carboxylic acid groups (broad SMARTS) is 2. The monoisotopic (exact) mass is 297 g/mol. The van der Waals surface area contributed by atoms with Crippen molar-refractivity contribution in [3.63, 3.8) is 0 Å². The van der Waals surface area contributed by atoms with Crippen LogP contribution in [-0.2, 0) is 4.79 Å². The Morgan fingerprint density at radius 1 is 1.33 bits per heavy atom. The van der Waals surface area contributed by atoms with Gasteiger partial charge in [-0.05, 0) is 25.0 Å². The lowest BCUT2D eigenvalue weighted by Crippen LogP contribution is -2.30. The standard InChI is InChI=1S/C6H14N4O2.C6H5NO2/c7-4(5(11)12)2-1-3-10-6(8)9;8-6(9)5-2-1-3-7-4-5/h4H,1-3,7H2,(H,11,12)(H4,8,9,10);1-4H,(H,8,9)/t4-;/m0./s1. The molecule has 0 aliphatic heterocycles. The highest BCUT2D eigenvalue weighted by Crippen LogP contribution is 1.94. The predicted molar refractivity (Wildman–Crippen MR) is 76.7 cm³/mol. The molecule has 1 aromatic rings. The van der Waals surface area contributed by atoms with Gasteiger partial charge in [-0.3, -0.25) is 14.8 Å². The third-order valence-corrected chi connectivity index (χ3v) is 2.19. The molecule has 0 radical (unpaired) electrons. The molecule has 0 aromatic carbocycles. The van der Waals surface area contributed by atoms with E-state index in [-0.39, 0.29) is 11.5 Å². The van der Waals surface area contributed by atoms with Gasteiger partial charge in [0.1, 0.15) is 6.04 Å². The molecule has 0 aliphatic rings. The summed E-state index contributed by atoms with van der Waals surface area (Å²) in [6.07, 6.45) is 3.80. The first-order valence-corrected chi connectivity index (χ1v) is 6.01. The van der Waals surface area contributed by atoms with E-state index in [1.807, 2.05) is 0 Å². The number of aromatic nitrogens is 1. The van der Waals surface area contributed by atoms with Crippen molar-refractivity contribution in [3.8, 4) is 0 Å². The number of nitrogens with zero attached hydrogens (tertiary/aromatic N) is 2. The van der Waals surface area contributed by atoms with E-state index in [0.29, 0.717) is 19.4 Å². The molecule has 21 heavy (non-hydrogen) atoms. The summed E-state index contributed by atoms with van der Waals surface area (Å²) in [5, 5.41) is 16.7. The van der Waals surface area contributed by atoms with Gasteiger partial charge in [0, 0.05) is 18.9 Å². The number of nitrogens with two attached hydrogens (primary N) is 3. The molecule has 9 nitrogen and oxygen atoms in total. The van der Waals surface area contributed by atoms with Crippen LogP contribution in [0.1, 0.15) is 23.2 Å². The molecule has 0 aliphatic carbocycles. The fourth-order valence-electron chi connectivity index (χ4n) is 1.13. The summed E-state index contributed by atoms with van der Waals surface area (Å²) in [7, 11) is 0. The molecule has 0 fully saturated rings. The number of hydrogen-bond donors (Lipinski definition) is 5. The highest BCUT2D eigenvalue weighted by atomic mass is 16.4. The van der Waals surface area contributed by atoms with E-state index >= 15 is 0 Å². The van der Waals surface area contributed by atoms with E-state index in [1.165, 1.54) is 18.5 Å². The number of guanidine groups is 1. The summed E-state index contributed by atoms with van der Waals surface area (Å²) in [6.45, 7) is 0.420. The molecule has 1 heterocycles. The largest absolute Gasteiger partial charge is 0.480 e. The minimum absolute atomic E-state index is 0.0129. The van der Waals surface area contributed by atoms with E-state index in [1.54, 1.807) is 6.07 Å². The quantitative estimate of drug-likeness (QED) is 0.258. The van der Waals surface area contributed by atoms with Gasteiger partial charge in [-0.15, -0.1) is 0 Å². The summed E-state index contributed by atoms with van der Waals surface area (Å²) in [6, 6.07) is 2.26. The Morgan fingerprint density at radius 2 is 2.00 bits per heavy atom. The number of hydrogen-bond acceptors (Lipinski definition) is 5. The van der Waals surface area contributed by atoms with Gasteiger partial charge in [-0.2, -0.15) is 0 Å². The maximum absolute atomic E-state index is 10.2. The van der Waals surface area contributed by atoms with Crippen LogP contribution in [-0.4, -0.2) is 45.7 Å². The average Bonchev–Trinajstić information content (AvgIpc) is 2.44. The van der Waals surface area contributed by atoms with Crippen molar-refractivity contribution >= 4 is 17.9 Å². The Kier molecular flexibility index (Phi) is 8.85. The minimum Gasteiger partial charge on any atom is -0.480 e. The van der Waals surface area contributed by atoms with Crippen LogP contribution in [0.15, 0.2) is 29.5 Å². The Labute approximate surface area is 121 Å². The van der Waals surface area contributed by atoms with E-state index < -0.39 is 18.0 Å². The zero-order valence-electron chi connectivity index (χ0n) is 11.3. The van der Waals surface area contributed by atoms with E-state index in [0.717, 1.165) is 0 Å². The number of aliphatic imine (C=N–C) groups is 1. The molecule has 8 N–H and O–H groups in total. The van der Waals surface area contributed by atoms with Crippen LogP contribution in [0.4, 0.5) is 0 Å². The smallest absolute Gasteiger partial charge is 0.337 e. The predicted octanol–water partition coefficient (Wildman–Crippen LogP) is -0.768. The summed E-state index contributed by atoms with van der Waals surface area (Å²) >= 11 is 0. The van der Waals surface area contributed by atoms with Crippen molar-refractivity contribution in [1.29, 1.82) is 0 Å². The maximum Gasteiger partial charge on any atom is 0.337 e. The number of carbonyl (C=O) groups is 2. The van der Waals surface area contributed by atoms with E-state index in [9.17, 15) is 9.59 Å². The van der Waals surface area contributed by atoms with Crippen molar-refractivity contribution in [1.82, 2.24) is 4.98 Å². The number of aliphatic carboxylic acids is 1. The maximum atomic E-state index is 10.2. The van der Waals surface area contributed by atoms with Crippen molar-refractivity contribution in [2.45, 2.75) is 18.9 Å². The molecule has 1 atom stereocenters. The van der Waals surface area contributed by atoms with Gasteiger partial charge in [0.25, 0.3) is 0 Å². The lowest BCUT2D eigenvalue weighted by atomic mass is 10.2. The second-order valence-electron chi connectivity index (χ2n) is 3.94. The molecule has 0 amide bonds. The summed E-state index contributed by atoms with van der Waals surface area (Å²) in [5.74, 6) is -1.93. The number of carboxylic acids is 2. The highest BCUT2D eigenvalue weighted by Gasteiger charge is 2.09. The molecule has 116 valence electrons. The molecule has 0 spiro atoms. The molecule has 0 saturated carbocycles. The van der Waals surface area contributed by atoms with Crippen LogP contribution in [0.5, 0.6) is 0 Å². The number of rotatable bonds is 6. The van der Waals surface area contributed by atoms with Crippen molar-refractivity contribution < 1.29 is 19.8 Å². The lowest BCUT2D eigenvalue weighted by Gasteiger charge is -2.03. The Hall–Kier alpha value is -2.68. The average molecular weight is 297 g/mol. The third kappa shape index (κ3) is 9.85. The van der Waals surface area contributed by atoms with Crippen LogP contribution in [0.25, 0.3) is 0 Å². The molecule has 0 saturated heterocycles. The van der Waals surface area contributed by atoms with Gasteiger partial charge in [0.05, 0.1) is 5.56 Å². The van der Waals surface area contributed by atoms with Crippen LogP contribution in [0, 0.1) is 0 Å². The van der Waals surface area contributed by atoms with Crippen molar-refractivity contribution in [2.75, 3.05) is 6.54 Å². The zero-order chi connectivity index (χ0) is 16.3. The second kappa shape index (κ2) is 10.1. The Balaban J connectivity index is 0.000000394. The first-order valence-electron chi connectivity index (χ1n) is 6.01.